The van der Waals surface area contributed by atoms with Gasteiger partial charge in [0.1, 0.15) is 0 Å². The normalized spacial score (nSPS) is 42.6. The van der Waals surface area contributed by atoms with Crippen LogP contribution in [0.15, 0.2) is 12.2 Å². The number of hydrogen-bond donors (Lipinski definition) is 0. The van der Waals surface area contributed by atoms with Crippen LogP contribution in [0.2, 0.25) is 0 Å². The molecule has 2 rings (SSSR count). The molecule has 0 aromatic rings. The van der Waals surface area contributed by atoms with Crippen molar-refractivity contribution in [2.24, 2.45) is 29.1 Å². The Hall–Kier alpha value is -0.260. The van der Waals surface area contributed by atoms with Gasteiger partial charge in [-0.1, -0.05) is 39.8 Å². The zero-order chi connectivity index (χ0) is 10.3. The van der Waals surface area contributed by atoms with E-state index in [1.54, 1.807) is 0 Å². The van der Waals surface area contributed by atoms with E-state index in [4.69, 9.17) is 0 Å². The Kier molecular flexibility index (Phi) is 2.49. The maximum absolute atomic E-state index is 2.51. The first-order valence-electron chi connectivity index (χ1n) is 6.17. The highest BCUT2D eigenvalue weighted by atomic mass is 14.5. The van der Waals surface area contributed by atoms with Gasteiger partial charge in [0.05, 0.1) is 0 Å². The molecule has 80 valence electrons. The Bertz CT molecular complexity index is 231. The van der Waals surface area contributed by atoms with Crippen molar-refractivity contribution >= 4 is 0 Å². The quantitative estimate of drug-likeness (QED) is 0.573. The second kappa shape index (κ2) is 3.40. The molecule has 0 aromatic heterocycles. The van der Waals surface area contributed by atoms with Crippen molar-refractivity contribution in [2.75, 3.05) is 0 Å². The van der Waals surface area contributed by atoms with Crippen LogP contribution in [0.1, 0.15) is 47.0 Å². The average Bonchev–Trinajstić information content (AvgIpc) is 2.80. The fourth-order valence-corrected chi connectivity index (χ4v) is 2.69. The summed E-state index contributed by atoms with van der Waals surface area (Å²) in [5.74, 6) is 3.73. The lowest BCUT2D eigenvalue weighted by Gasteiger charge is -2.31. The molecule has 2 saturated carbocycles. The van der Waals surface area contributed by atoms with Gasteiger partial charge in [0.2, 0.25) is 0 Å². The number of allylic oxidation sites excluding steroid dienone is 2. The minimum absolute atomic E-state index is 0.528. The molecule has 0 N–H and O–H groups in total. The second-order valence-electron chi connectivity index (χ2n) is 6.48. The molecule has 0 nitrogen and oxygen atoms in total. The third-order valence-corrected chi connectivity index (χ3v) is 4.24. The van der Waals surface area contributed by atoms with Crippen molar-refractivity contribution in [3.8, 4) is 0 Å². The second-order valence-corrected chi connectivity index (χ2v) is 6.48. The molecule has 14 heavy (non-hydrogen) atoms. The van der Waals surface area contributed by atoms with E-state index in [0.29, 0.717) is 5.41 Å². The van der Waals surface area contributed by atoms with Gasteiger partial charge in [-0.2, -0.15) is 0 Å². The third kappa shape index (κ3) is 2.04. The predicted molar refractivity (Wildman–Crippen MR) is 62.1 cm³/mol. The lowest BCUT2D eigenvalue weighted by molar-refractivity contribution is 0.250. The fraction of sp³-hybridized carbons (Fsp3) is 0.857. The zero-order valence-corrected chi connectivity index (χ0v) is 10.1. The Morgan fingerprint density at radius 3 is 2.00 bits per heavy atom. The monoisotopic (exact) mass is 192 g/mol. The van der Waals surface area contributed by atoms with Gasteiger partial charge in [0.25, 0.3) is 0 Å². The van der Waals surface area contributed by atoms with Crippen molar-refractivity contribution in [2.45, 2.75) is 47.0 Å². The molecule has 0 saturated heterocycles. The maximum Gasteiger partial charge on any atom is -0.0197 e. The third-order valence-electron chi connectivity index (χ3n) is 4.24. The summed E-state index contributed by atoms with van der Waals surface area (Å²) in [6, 6.07) is 0. The zero-order valence-electron chi connectivity index (χ0n) is 10.1. The molecule has 0 bridgehead atoms. The minimum Gasteiger partial charge on any atom is -0.0849 e. The SMILES string of the molecule is CC1CCC1C=CC1CC1C(C)(C)C. The molecule has 4 unspecified atom stereocenters. The first kappa shape index (κ1) is 10.3. The highest BCUT2D eigenvalue weighted by Gasteiger charge is 2.43. The molecule has 0 aliphatic heterocycles. The number of rotatable bonds is 2. The summed E-state index contributed by atoms with van der Waals surface area (Å²) in [7, 11) is 0. The summed E-state index contributed by atoms with van der Waals surface area (Å²) in [5.41, 5.74) is 0.528. The van der Waals surface area contributed by atoms with Gasteiger partial charge in [-0.15, -0.1) is 0 Å². The first-order chi connectivity index (χ1) is 6.48. The van der Waals surface area contributed by atoms with Crippen molar-refractivity contribution in [3.05, 3.63) is 12.2 Å². The van der Waals surface area contributed by atoms with Crippen LogP contribution in [0, 0.1) is 29.1 Å². The van der Waals surface area contributed by atoms with Gasteiger partial charge in [-0.25, -0.2) is 0 Å². The first-order valence-corrected chi connectivity index (χ1v) is 6.17. The van der Waals surface area contributed by atoms with Crippen molar-refractivity contribution < 1.29 is 0 Å². The van der Waals surface area contributed by atoms with Gasteiger partial charge >= 0.3 is 0 Å². The van der Waals surface area contributed by atoms with Gasteiger partial charge in [0, 0.05) is 0 Å². The lowest BCUT2D eigenvalue weighted by Crippen LogP contribution is -2.20. The summed E-state index contributed by atoms with van der Waals surface area (Å²) in [6.45, 7) is 9.50. The van der Waals surface area contributed by atoms with E-state index in [1.165, 1.54) is 19.3 Å². The van der Waals surface area contributed by atoms with E-state index >= 15 is 0 Å². The molecule has 0 heterocycles. The van der Waals surface area contributed by atoms with Crippen molar-refractivity contribution in [3.63, 3.8) is 0 Å². The summed E-state index contributed by atoms with van der Waals surface area (Å²) in [6.07, 6.45) is 9.33. The van der Waals surface area contributed by atoms with Crippen molar-refractivity contribution in [1.82, 2.24) is 0 Å². The Labute approximate surface area is 88.8 Å². The molecule has 4 atom stereocenters. The lowest BCUT2D eigenvalue weighted by atomic mass is 9.75. The highest BCUT2D eigenvalue weighted by molar-refractivity contribution is 5.08. The van der Waals surface area contributed by atoms with Gasteiger partial charge in [-0.3, -0.25) is 0 Å². The van der Waals surface area contributed by atoms with Crippen LogP contribution in [0.5, 0.6) is 0 Å². The van der Waals surface area contributed by atoms with Crippen LogP contribution in [-0.4, -0.2) is 0 Å². The minimum atomic E-state index is 0.528. The van der Waals surface area contributed by atoms with Crippen LogP contribution in [-0.2, 0) is 0 Å². The van der Waals surface area contributed by atoms with E-state index in [2.05, 4.69) is 39.8 Å². The molecular weight excluding hydrogens is 168 g/mol. The van der Waals surface area contributed by atoms with Crippen LogP contribution in [0.4, 0.5) is 0 Å². The van der Waals surface area contributed by atoms with Crippen LogP contribution >= 0.6 is 0 Å². The molecule has 2 aliphatic rings. The molecule has 2 aliphatic carbocycles. The van der Waals surface area contributed by atoms with Crippen molar-refractivity contribution in [1.29, 1.82) is 0 Å². The average molecular weight is 192 g/mol. The van der Waals surface area contributed by atoms with E-state index in [0.717, 1.165) is 23.7 Å². The summed E-state index contributed by atoms with van der Waals surface area (Å²) in [4.78, 5) is 0. The number of hydrogen-bond acceptors (Lipinski definition) is 0. The van der Waals surface area contributed by atoms with E-state index < -0.39 is 0 Å². The van der Waals surface area contributed by atoms with E-state index in [1.807, 2.05) is 0 Å². The summed E-state index contributed by atoms with van der Waals surface area (Å²) in [5, 5.41) is 0. The Morgan fingerprint density at radius 1 is 1.00 bits per heavy atom. The van der Waals surface area contributed by atoms with Gasteiger partial charge < -0.3 is 0 Å². The van der Waals surface area contributed by atoms with E-state index in [9.17, 15) is 0 Å². The molecule has 0 amide bonds. The summed E-state index contributed by atoms with van der Waals surface area (Å²) < 4.78 is 0. The molecule has 0 spiro atoms. The van der Waals surface area contributed by atoms with Crippen LogP contribution in [0.25, 0.3) is 0 Å². The molecular formula is C14H24. The smallest absolute Gasteiger partial charge is 0.0197 e. The standard InChI is InChI=1S/C14H24/c1-10-5-6-11(10)7-8-12-9-13(12)14(2,3)4/h7-8,10-13H,5-6,9H2,1-4H3. The molecule has 0 aromatic carbocycles. The Balaban J connectivity index is 1.78. The summed E-state index contributed by atoms with van der Waals surface area (Å²) >= 11 is 0. The topological polar surface area (TPSA) is 0 Å². The largest absolute Gasteiger partial charge is 0.0849 e. The van der Waals surface area contributed by atoms with Gasteiger partial charge in [0.15, 0.2) is 0 Å². The van der Waals surface area contributed by atoms with E-state index in [-0.39, 0.29) is 0 Å². The maximum atomic E-state index is 2.51. The fourth-order valence-electron chi connectivity index (χ4n) is 2.69. The molecule has 0 heteroatoms. The van der Waals surface area contributed by atoms with Crippen LogP contribution in [0.3, 0.4) is 0 Å². The molecule has 2 fully saturated rings. The highest BCUT2D eigenvalue weighted by Crippen LogP contribution is 2.51. The molecule has 0 radical (unpaired) electrons. The predicted octanol–water partition coefficient (Wildman–Crippen LogP) is 4.27. The Morgan fingerprint density at radius 2 is 1.64 bits per heavy atom. The van der Waals surface area contributed by atoms with Crippen LogP contribution < -0.4 is 0 Å². The van der Waals surface area contributed by atoms with Gasteiger partial charge in [-0.05, 0) is 48.3 Å².